The predicted octanol–water partition coefficient (Wildman–Crippen LogP) is 21.6. The van der Waals surface area contributed by atoms with Gasteiger partial charge in [-0.05, 0) is 107 Å². The molecule has 15 rings (SSSR count). The molecule has 15 aromatic rings. The van der Waals surface area contributed by atoms with E-state index in [1.807, 2.05) is 0 Å². The summed E-state index contributed by atoms with van der Waals surface area (Å²) in [5.74, 6) is 0.700. The van der Waals surface area contributed by atoms with Crippen LogP contribution in [0, 0.1) is 0 Å². The standard InChI is InChI=1S/C78H70N4Si2/c1-49(2)53-29-39-59(51-21-13-11-14-22-51)71(45-53)79(55-31-35-57(36-32-55)83(5,6)7)69-43-41-61-65-47-74-66(48-73(65)81-67-27-19-17-25-63(67)75(69)77(61)81)62-42-44-70(76-64-26-18-20-28-68(64)82(74)78(62)76)80(56-33-37-58(38-34-56)84(8,9)10)72-46-54(50(3)4)30-40-60(72)52-23-15-12-16-24-52/h11-50H,1-10H3. The van der Waals surface area contributed by atoms with Gasteiger partial charge in [-0.15, -0.1) is 0 Å². The lowest BCUT2D eigenvalue weighted by Crippen LogP contribution is -2.37. The zero-order chi connectivity index (χ0) is 57.5. The first-order chi connectivity index (χ1) is 40.6. The molecule has 0 saturated heterocycles. The van der Waals surface area contributed by atoms with Crippen molar-refractivity contribution in [2.24, 2.45) is 0 Å². The van der Waals surface area contributed by atoms with Gasteiger partial charge in [-0.2, -0.15) is 0 Å². The van der Waals surface area contributed by atoms with Gasteiger partial charge in [0.15, 0.2) is 0 Å². The summed E-state index contributed by atoms with van der Waals surface area (Å²) >= 11 is 0. The van der Waals surface area contributed by atoms with E-state index < -0.39 is 16.1 Å². The quantitative estimate of drug-likeness (QED) is 0.113. The van der Waals surface area contributed by atoms with Gasteiger partial charge in [0.1, 0.15) is 0 Å². The summed E-state index contributed by atoms with van der Waals surface area (Å²) in [6, 6.07) is 88.2. The molecule has 0 aliphatic carbocycles. The minimum Gasteiger partial charge on any atom is -0.309 e. The summed E-state index contributed by atoms with van der Waals surface area (Å²) in [6.45, 7) is 23.9. The van der Waals surface area contributed by atoms with Crippen LogP contribution in [-0.4, -0.2) is 24.9 Å². The maximum Gasteiger partial charge on any atom is 0.0775 e. The van der Waals surface area contributed by atoms with E-state index in [1.165, 1.54) is 143 Å². The number of para-hydroxylation sites is 2. The second-order valence-electron chi connectivity index (χ2n) is 26.2. The molecule has 0 spiro atoms. The van der Waals surface area contributed by atoms with Gasteiger partial charge in [0.2, 0.25) is 0 Å². The monoisotopic (exact) mass is 1120 g/mol. The number of anilines is 6. The largest absolute Gasteiger partial charge is 0.309 e. The Morgan fingerprint density at radius 2 is 0.679 bits per heavy atom. The van der Waals surface area contributed by atoms with Crippen molar-refractivity contribution in [2.45, 2.75) is 78.8 Å². The molecule has 0 amide bonds. The SMILES string of the molecule is CC(C)c1ccc(-c2ccccc2)c(N(c2ccc([Si](C)(C)C)cc2)c2ccc3c4cc5c(cc4n4c6ccccc6c2c34)c2ccc(N(c3ccc([Si](C)(C)C)cc3)c3cc(C(C)C)ccc3-c3ccccc3)c3c4ccccc4n5c23)c1. The molecule has 6 heteroatoms. The summed E-state index contributed by atoms with van der Waals surface area (Å²) in [5, 5.41) is 12.9. The van der Waals surface area contributed by atoms with Crippen molar-refractivity contribution in [3.8, 4) is 22.3 Å². The number of hydrogen-bond acceptors (Lipinski definition) is 2. The average Bonchev–Trinajstić information content (AvgIpc) is 1.74. The van der Waals surface area contributed by atoms with Crippen molar-refractivity contribution in [2.75, 3.05) is 9.80 Å². The van der Waals surface area contributed by atoms with Crippen LogP contribution < -0.4 is 20.2 Å². The summed E-state index contributed by atoms with van der Waals surface area (Å²) < 4.78 is 5.18. The third-order valence-corrected chi connectivity index (χ3v) is 22.4. The molecular formula is C78H70N4Si2. The van der Waals surface area contributed by atoms with Gasteiger partial charge >= 0.3 is 0 Å². The fraction of sp³-hybridized carbons (Fsp3) is 0.154. The Morgan fingerprint density at radius 3 is 1.05 bits per heavy atom. The number of hydrogen-bond donors (Lipinski definition) is 0. The van der Waals surface area contributed by atoms with E-state index in [9.17, 15) is 0 Å². The summed E-state index contributed by atoms with van der Waals surface area (Å²) in [5.41, 5.74) is 21.8. The van der Waals surface area contributed by atoms with Crippen LogP contribution in [-0.2, 0) is 0 Å². The van der Waals surface area contributed by atoms with E-state index in [2.05, 4.69) is 316 Å². The molecule has 0 fully saturated rings. The molecule has 11 aromatic carbocycles. The number of aromatic nitrogens is 2. The Morgan fingerprint density at radius 1 is 0.310 bits per heavy atom. The lowest BCUT2D eigenvalue weighted by Gasteiger charge is -2.30. The van der Waals surface area contributed by atoms with Gasteiger partial charge in [-0.3, -0.25) is 0 Å². The first-order valence-electron chi connectivity index (χ1n) is 30.1. The predicted molar refractivity (Wildman–Crippen MR) is 370 cm³/mol. The van der Waals surface area contributed by atoms with Crippen LogP contribution in [0.15, 0.2) is 231 Å². The van der Waals surface area contributed by atoms with Crippen LogP contribution in [0.5, 0.6) is 0 Å². The normalized spacial score (nSPS) is 12.6. The van der Waals surface area contributed by atoms with Gasteiger partial charge in [0, 0.05) is 65.6 Å². The molecule has 0 aliphatic rings. The minimum absolute atomic E-state index is 0.350. The Hall–Kier alpha value is -8.95. The molecule has 0 radical (unpaired) electrons. The lowest BCUT2D eigenvalue weighted by atomic mass is 9.95. The molecule has 410 valence electrons. The molecular weight excluding hydrogens is 1050 g/mol. The van der Waals surface area contributed by atoms with Gasteiger partial charge in [0.25, 0.3) is 0 Å². The molecule has 4 aromatic heterocycles. The highest BCUT2D eigenvalue weighted by atomic mass is 28.3. The zero-order valence-corrected chi connectivity index (χ0v) is 51.9. The van der Waals surface area contributed by atoms with Gasteiger partial charge in [0.05, 0.1) is 72.0 Å². The van der Waals surface area contributed by atoms with Crippen LogP contribution in [0.4, 0.5) is 34.1 Å². The second kappa shape index (κ2) is 19.3. The molecule has 0 N–H and O–H groups in total. The van der Waals surface area contributed by atoms with Crippen LogP contribution in [0.2, 0.25) is 39.3 Å². The Labute approximate surface area is 495 Å². The molecule has 0 unspecified atom stereocenters. The van der Waals surface area contributed by atoms with Gasteiger partial charge in [-0.1, -0.05) is 235 Å². The molecule has 0 aliphatic heterocycles. The van der Waals surface area contributed by atoms with Crippen LogP contribution in [0.3, 0.4) is 0 Å². The van der Waals surface area contributed by atoms with Crippen molar-refractivity contribution < 1.29 is 0 Å². The van der Waals surface area contributed by atoms with Gasteiger partial charge < -0.3 is 18.6 Å². The fourth-order valence-corrected chi connectivity index (χ4v) is 16.1. The number of nitrogens with zero attached hydrogens (tertiary/aromatic N) is 4. The fourth-order valence-electron chi connectivity index (χ4n) is 13.8. The van der Waals surface area contributed by atoms with Crippen molar-refractivity contribution in [1.82, 2.24) is 8.80 Å². The highest BCUT2D eigenvalue weighted by Gasteiger charge is 2.31. The first-order valence-corrected chi connectivity index (χ1v) is 37.1. The Balaban J connectivity index is 1.01. The van der Waals surface area contributed by atoms with Crippen molar-refractivity contribution in [1.29, 1.82) is 0 Å². The minimum atomic E-state index is -1.59. The average molecular weight is 1120 g/mol. The molecule has 0 saturated carbocycles. The van der Waals surface area contributed by atoms with E-state index in [4.69, 9.17) is 0 Å². The smallest absolute Gasteiger partial charge is 0.0775 e. The van der Waals surface area contributed by atoms with E-state index in [0.29, 0.717) is 11.8 Å². The van der Waals surface area contributed by atoms with Crippen molar-refractivity contribution in [3.63, 3.8) is 0 Å². The summed E-state index contributed by atoms with van der Waals surface area (Å²) in [4.78, 5) is 5.15. The first kappa shape index (κ1) is 51.9. The highest BCUT2D eigenvalue weighted by Crippen LogP contribution is 2.53. The molecule has 0 atom stereocenters. The van der Waals surface area contributed by atoms with Crippen LogP contribution in [0.1, 0.15) is 50.7 Å². The Kier molecular flexibility index (Phi) is 11.9. The Bertz CT molecular complexity index is 4700. The van der Waals surface area contributed by atoms with Gasteiger partial charge in [-0.25, -0.2) is 0 Å². The topological polar surface area (TPSA) is 15.3 Å². The summed E-state index contributed by atoms with van der Waals surface area (Å²) in [7, 11) is -3.19. The number of rotatable bonds is 12. The molecule has 84 heavy (non-hydrogen) atoms. The van der Waals surface area contributed by atoms with Crippen molar-refractivity contribution >= 4 is 137 Å². The maximum absolute atomic E-state index is 2.59. The van der Waals surface area contributed by atoms with Crippen LogP contribution >= 0.6 is 0 Å². The zero-order valence-electron chi connectivity index (χ0n) is 49.9. The maximum atomic E-state index is 2.59. The van der Waals surface area contributed by atoms with E-state index >= 15 is 0 Å². The number of benzene rings is 11. The van der Waals surface area contributed by atoms with Crippen LogP contribution in [0.25, 0.3) is 98.4 Å². The lowest BCUT2D eigenvalue weighted by molar-refractivity contribution is 0.866. The highest BCUT2D eigenvalue weighted by molar-refractivity contribution is 6.89. The van der Waals surface area contributed by atoms with E-state index in [-0.39, 0.29) is 0 Å². The van der Waals surface area contributed by atoms with Crippen molar-refractivity contribution in [3.05, 3.63) is 242 Å². The summed E-state index contributed by atoms with van der Waals surface area (Å²) in [6.07, 6.45) is 0. The van der Waals surface area contributed by atoms with E-state index in [1.54, 1.807) is 0 Å². The van der Waals surface area contributed by atoms with E-state index in [0.717, 1.165) is 11.4 Å². The molecule has 0 bridgehead atoms. The second-order valence-corrected chi connectivity index (χ2v) is 36.3. The number of fused-ring (bicyclic) bond motifs is 12. The molecule has 4 heterocycles. The molecule has 4 nitrogen and oxygen atoms in total. The third kappa shape index (κ3) is 8.05. The third-order valence-electron chi connectivity index (χ3n) is 18.3.